The van der Waals surface area contributed by atoms with Gasteiger partial charge >= 0.3 is 0 Å². The van der Waals surface area contributed by atoms with Gasteiger partial charge < -0.3 is 9.47 Å². The van der Waals surface area contributed by atoms with Crippen LogP contribution >= 0.6 is 0 Å². The first-order chi connectivity index (χ1) is 13.6. The van der Waals surface area contributed by atoms with Crippen LogP contribution in [-0.4, -0.2) is 25.0 Å². The van der Waals surface area contributed by atoms with Gasteiger partial charge in [-0.25, -0.2) is 0 Å². The van der Waals surface area contributed by atoms with Crippen LogP contribution in [0.3, 0.4) is 0 Å². The van der Waals surface area contributed by atoms with Crippen molar-refractivity contribution in [2.24, 2.45) is 0 Å². The van der Waals surface area contributed by atoms with Gasteiger partial charge in [0.05, 0.1) is 12.2 Å². The molecule has 0 bridgehead atoms. The molecule has 1 atom stereocenters. The summed E-state index contributed by atoms with van der Waals surface area (Å²) in [7, 11) is 0. The molecule has 2 rings (SSSR count). The Hall–Kier alpha value is -3.02. The summed E-state index contributed by atoms with van der Waals surface area (Å²) in [5, 5.41) is 0. The molecule has 0 aliphatic heterocycles. The molecule has 1 unspecified atom stereocenters. The number of hydrogen-bond acceptors (Lipinski definition) is 4. The standard InChI is InChI=1S/C22H28N2O4/c1-4-14-27-20-13-9-7-11-18(20)22(26)24-23-21(25)15-28-19-12-8-6-10-17(19)16(3)5-2/h6-13,16H,4-5,14-15H2,1-3H3,(H,23,25)(H,24,26). The predicted octanol–water partition coefficient (Wildman–Crippen LogP) is 3.83. The Morgan fingerprint density at radius 3 is 2.32 bits per heavy atom. The van der Waals surface area contributed by atoms with E-state index in [9.17, 15) is 9.59 Å². The molecule has 0 saturated heterocycles. The number of hydrazine groups is 1. The molecule has 6 nitrogen and oxygen atoms in total. The molecule has 0 aromatic heterocycles. The van der Waals surface area contributed by atoms with Gasteiger partial charge in [-0.2, -0.15) is 0 Å². The first-order valence-corrected chi connectivity index (χ1v) is 9.59. The first-order valence-electron chi connectivity index (χ1n) is 9.59. The maximum Gasteiger partial charge on any atom is 0.276 e. The number of hydrogen-bond donors (Lipinski definition) is 2. The number of benzene rings is 2. The van der Waals surface area contributed by atoms with Crippen molar-refractivity contribution in [3.8, 4) is 11.5 Å². The highest BCUT2D eigenvalue weighted by Gasteiger charge is 2.14. The number of amides is 2. The molecule has 2 aromatic rings. The third kappa shape index (κ3) is 6.01. The molecule has 0 saturated carbocycles. The molecule has 2 aromatic carbocycles. The summed E-state index contributed by atoms with van der Waals surface area (Å²) in [5.74, 6) is 0.601. The van der Waals surface area contributed by atoms with E-state index >= 15 is 0 Å². The lowest BCUT2D eigenvalue weighted by Gasteiger charge is -2.16. The van der Waals surface area contributed by atoms with Crippen molar-refractivity contribution in [3.05, 3.63) is 59.7 Å². The van der Waals surface area contributed by atoms with Gasteiger partial charge in [0.15, 0.2) is 6.61 Å². The molecule has 2 amide bonds. The Kier molecular flexibility index (Phi) is 8.34. The van der Waals surface area contributed by atoms with E-state index in [1.165, 1.54) is 0 Å². The van der Waals surface area contributed by atoms with Crippen LogP contribution in [0.5, 0.6) is 11.5 Å². The van der Waals surface area contributed by atoms with Gasteiger partial charge in [-0.15, -0.1) is 0 Å². The average Bonchev–Trinajstić information content (AvgIpc) is 2.74. The second-order valence-corrected chi connectivity index (χ2v) is 6.48. The molecule has 0 fully saturated rings. The van der Waals surface area contributed by atoms with Gasteiger partial charge in [-0.3, -0.25) is 20.4 Å². The maximum absolute atomic E-state index is 12.3. The monoisotopic (exact) mass is 384 g/mol. The largest absolute Gasteiger partial charge is 0.493 e. The van der Waals surface area contributed by atoms with Crippen LogP contribution in [0.15, 0.2) is 48.5 Å². The van der Waals surface area contributed by atoms with Gasteiger partial charge in [-0.1, -0.05) is 51.1 Å². The predicted molar refractivity (Wildman–Crippen MR) is 108 cm³/mol. The van der Waals surface area contributed by atoms with E-state index in [1.807, 2.05) is 31.2 Å². The fourth-order valence-corrected chi connectivity index (χ4v) is 2.60. The van der Waals surface area contributed by atoms with Crippen molar-refractivity contribution in [2.45, 2.75) is 39.5 Å². The lowest BCUT2D eigenvalue weighted by atomic mass is 9.98. The molecule has 0 heterocycles. The number of carbonyl (C=O) groups is 2. The zero-order chi connectivity index (χ0) is 20.4. The van der Waals surface area contributed by atoms with Crippen LogP contribution in [0, 0.1) is 0 Å². The summed E-state index contributed by atoms with van der Waals surface area (Å²) in [6.45, 7) is 6.52. The molecular weight excluding hydrogens is 356 g/mol. The first kappa shape index (κ1) is 21.3. The highest BCUT2D eigenvalue weighted by molar-refractivity contribution is 5.97. The Balaban J connectivity index is 1.89. The number of nitrogens with one attached hydrogen (secondary N) is 2. The summed E-state index contributed by atoms with van der Waals surface area (Å²) in [6, 6.07) is 14.6. The van der Waals surface area contributed by atoms with Crippen molar-refractivity contribution < 1.29 is 19.1 Å². The second-order valence-electron chi connectivity index (χ2n) is 6.48. The third-order valence-electron chi connectivity index (χ3n) is 4.33. The van der Waals surface area contributed by atoms with E-state index in [1.54, 1.807) is 24.3 Å². The van der Waals surface area contributed by atoms with E-state index in [0.29, 0.717) is 29.6 Å². The molecular formula is C22H28N2O4. The van der Waals surface area contributed by atoms with E-state index in [4.69, 9.17) is 9.47 Å². The highest BCUT2D eigenvalue weighted by atomic mass is 16.5. The fraction of sp³-hybridized carbons (Fsp3) is 0.364. The van der Waals surface area contributed by atoms with Crippen molar-refractivity contribution in [1.82, 2.24) is 10.9 Å². The minimum absolute atomic E-state index is 0.193. The van der Waals surface area contributed by atoms with Gasteiger partial charge in [0, 0.05) is 0 Å². The Labute approximate surface area is 166 Å². The van der Waals surface area contributed by atoms with Crippen molar-refractivity contribution in [2.75, 3.05) is 13.2 Å². The molecule has 150 valence electrons. The normalized spacial score (nSPS) is 11.4. The van der Waals surface area contributed by atoms with Crippen LogP contribution in [0.25, 0.3) is 0 Å². The zero-order valence-electron chi connectivity index (χ0n) is 16.7. The van der Waals surface area contributed by atoms with Crippen molar-refractivity contribution >= 4 is 11.8 Å². The Morgan fingerprint density at radius 2 is 1.61 bits per heavy atom. The molecule has 0 aliphatic rings. The van der Waals surface area contributed by atoms with Gasteiger partial charge in [0.1, 0.15) is 11.5 Å². The molecule has 0 spiro atoms. The average molecular weight is 384 g/mol. The second kappa shape index (κ2) is 11.0. The van der Waals surface area contributed by atoms with E-state index < -0.39 is 11.8 Å². The minimum atomic E-state index is -0.445. The third-order valence-corrected chi connectivity index (χ3v) is 4.33. The molecule has 2 N–H and O–H groups in total. The van der Waals surface area contributed by atoms with E-state index in [0.717, 1.165) is 18.4 Å². The quantitative estimate of drug-likeness (QED) is 0.644. The highest BCUT2D eigenvalue weighted by Crippen LogP contribution is 2.28. The van der Waals surface area contributed by atoms with Crippen LogP contribution in [-0.2, 0) is 4.79 Å². The van der Waals surface area contributed by atoms with E-state index in [-0.39, 0.29) is 6.61 Å². The molecule has 6 heteroatoms. The number of para-hydroxylation sites is 2. The Morgan fingerprint density at radius 1 is 0.929 bits per heavy atom. The number of carbonyl (C=O) groups excluding carboxylic acids is 2. The SMILES string of the molecule is CCCOc1ccccc1C(=O)NNC(=O)COc1ccccc1C(C)CC. The van der Waals surface area contributed by atoms with Crippen molar-refractivity contribution in [1.29, 1.82) is 0 Å². The number of rotatable bonds is 9. The molecule has 0 radical (unpaired) electrons. The van der Waals surface area contributed by atoms with Gasteiger partial charge in [0.25, 0.3) is 11.8 Å². The topological polar surface area (TPSA) is 76.7 Å². The fourth-order valence-electron chi connectivity index (χ4n) is 2.60. The molecule has 28 heavy (non-hydrogen) atoms. The van der Waals surface area contributed by atoms with E-state index in [2.05, 4.69) is 24.7 Å². The summed E-state index contributed by atoms with van der Waals surface area (Å²) in [6.07, 6.45) is 1.81. The molecule has 0 aliphatic carbocycles. The lowest BCUT2D eigenvalue weighted by molar-refractivity contribution is -0.123. The zero-order valence-corrected chi connectivity index (χ0v) is 16.7. The summed E-state index contributed by atoms with van der Waals surface area (Å²) >= 11 is 0. The maximum atomic E-state index is 12.3. The smallest absolute Gasteiger partial charge is 0.276 e. The van der Waals surface area contributed by atoms with Crippen LogP contribution in [0.1, 0.15) is 55.5 Å². The van der Waals surface area contributed by atoms with Crippen LogP contribution in [0.4, 0.5) is 0 Å². The van der Waals surface area contributed by atoms with Gasteiger partial charge in [-0.05, 0) is 42.5 Å². The van der Waals surface area contributed by atoms with Crippen molar-refractivity contribution in [3.63, 3.8) is 0 Å². The van der Waals surface area contributed by atoms with Gasteiger partial charge in [0.2, 0.25) is 0 Å². The van der Waals surface area contributed by atoms with Crippen LogP contribution in [0.2, 0.25) is 0 Å². The van der Waals surface area contributed by atoms with Crippen LogP contribution < -0.4 is 20.3 Å². The lowest BCUT2D eigenvalue weighted by Crippen LogP contribution is -2.44. The Bertz CT molecular complexity index is 792. The minimum Gasteiger partial charge on any atom is -0.493 e. The summed E-state index contributed by atoms with van der Waals surface area (Å²) < 4.78 is 11.2. The summed E-state index contributed by atoms with van der Waals surface area (Å²) in [5.41, 5.74) is 6.20. The summed E-state index contributed by atoms with van der Waals surface area (Å²) in [4.78, 5) is 24.4. The number of ether oxygens (including phenoxy) is 2.